The van der Waals surface area contributed by atoms with Crippen LogP contribution in [-0.4, -0.2) is 56.4 Å². The van der Waals surface area contributed by atoms with Gasteiger partial charge in [-0.05, 0) is 31.7 Å². The summed E-state index contributed by atoms with van der Waals surface area (Å²) in [5.41, 5.74) is 1.47. The molecule has 0 aromatic carbocycles. The first-order chi connectivity index (χ1) is 12.9. The molecule has 0 unspecified atom stereocenters. The van der Waals surface area contributed by atoms with Crippen LogP contribution >= 0.6 is 0 Å². The minimum absolute atomic E-state index is 0.0628. The molecule has 0 saturated heterocycles. The number of imidazole rings is 1. The number of aromatic nitrogens is 5. The van der Waals surface area contributed by atoms with E-state index >= 15 is 0 Å². The normalized spacial score (nSPS) is 20.6. The number of sulfone groups is 1. The van der Waals surface area contributed by atoms with Gasteiger partial charge in [-0.3, -0.25) is 9.36 Å². The molecule has 0 aliphatic heterocycles. The van der Waals surface area contributed by atoms with Crippen molar-refractivity contribution in [1.29, 1.82) is 0 Å². The topological polar surface area (TPSA) is 123 Å². The Kier molecular flexibility index (Phi) is 4.42. The van der Waals surface area contributed by atoms with E-state index in [0.29, 0.717) is 42.7 Å². The van der Waals surface area contributed by atoms with Crippen molar-refractivity contribution in [2.45, 2.75) is 37.0 Å². The van der Waals surface area contributed by atoms with Crippen molar-refractivity contribution in [3.8, 4) is 5.95 Å². The molecule has 3 aromatic heterocycles. The molecular formula is C17H20N6O3S. The van der Waals surface area contributed by atoms with Crippen LogP contribution in [0.4, 0.5) is 0 Å². The molecule has 1 aliphatic rings. The molecule has 3 heterocycles. The Bertz CT molecular complexity index is 1070. The smallest absolute Gasteiger partial charge is 0.272 e. The van der Waals surface area contributed by atoms with E-state index in [1.807, 2.05) is 0 Å². The molecule has 142 valence electrons. The lowest BCUT2D eigenvalue weighted by atomic mass is 9.95. The summed E-state index contributed by atoms with van der Waals surface area (Å²) in [6.45, 7) is 0. The van der Waals surface area contributed by atoms with Gasteiger partial charge in [0.15, 0.2) is 5.69 Å². The maximum absolute atomic E-state index is 12.9. The Hall–Kier alpha value is -2.75. The average molecular weight is 388 g/mol. The molecule has 1 fully saturated rings. The summed E-state index contributed by atoms with van der Waals surface area (Å²) in [6.07, 6.45) is 10.3. The summed E-state index contributed by atoms with van der Waals surface area (Å²) >= 11 is 0. The van der Waals surface area contributed by atoms with Gasteiger partial charge in [-0.1, -0.05) is 0 Å². The maximum atomic E-state index is 12.9. The second-order valence-electron chi connectivity index (χ2n) is 6.86. The Labute approximate surface area is 156 Å². The van der Waals surface area contributed by atoms with Gasteiger partial charge in [-0.2, -0.15) is 0 Å². The second kappa shape index (κ2) is 6.76. The highest BCUT2D eigenvalue weighted by Gasteiger charge is 2.29. The number of rotatable bonds is 4. The van der Waals surface area contributed by atoms with Gasteiger partial charge in [-0.25, -0.2) is 23.4 Å². The average Bonchev–Trinajstić information content (AvgIpc) is 3.32. The molecule has 3 aromatic rings. The van der Waals surface area contributed by atoms with E-state index in [0.717, 1.165) is 0 Å². The molecule has 0 bridgehead atoms. The van der Waals surface area contributed by atoms with Gasteiger partial charge in [-0.15, -0.1) is 0 Å². The highest BCUT2D eigenvalue weighted by Crippen LogP contribution is 2.24. The van der Waals surface area contributed by atoms with Gasteiger partial charge in [0.1, 0.15) is 16.2 Å². The fraction of sp³-hybridized carbons (Fsp3) is 0.412. The Morgan fingerprint density at radius 1 is 1.26 bits per heavy atom. The maximum Gasteiger partial charge on any atom is 0.272 e. The Balaban J connectivity index is 1.56. The van der Waals surface area contributed by atoms with Crippen LogP contribution in [0.15, 0.2) is 31.0 Å². The predicted molar refractivity (Wildman–Crippen MR) is 99.4 cm³/mol. The standard InChI is InChI=1S/C17H20N6O3S/c1-27(25,26)12-4-2-11(3-5-12)20-16(24)15-14-13(6-7-19-14)21-17(22-15)23-9-8-18-10-23/h6-12,19H,2-5H2,1H3,(H,20,24)/t11-,12-. The first-order valence-corrected chi connectivity index (χ1v) is 10.7. The number of nitrogens with zero attached hydrogens (tertiary/aromatic N) is 4. The SMILES string of the molecule is CS(=O)(=O)[C@H]1CC[C@H](NC(=O)c2nc(-n3ccnc3)nc3cc[nH]c23)CC1. The molecule has 10 heteroatoms. The number of aromatic amines is 1. The number of amides is 1. The minimum Gasteiger partial charge on any atom is -0.358 e. The highest BCUT2D eigenvalue weighted by molar-refractivity contribution is 7.91. The molecular weight excluding hydrogens is 368 g/mol. The summed E-state index contributed by atoms with van der Waals surface area (Å²) in [4.78, 5) is 28.7. The zero-order chi connectivity index (χ0) is 19.0. The predicted octanol–water partition coefficient (Wildman–Crippen LogP) is 1.23. The molecule has 0 radical (unpaired) electrons. The molecule has 27 heavy (non-hydrogen) atoms. The molecule has 4 rings (SSSR count). The number of H-pyrrole nitrogens is 1. The fourth-order valence-electron chi connectivity index (χ4n) is 3.48. The molecule has 0 spiro atoms. The third-order valence-electron chi connectivity index (χ3n) is 4.96. The third-order valence-corrected chi connectivity index (χ3v) is 6.64. The summed E-state index contributed by atoms with van der Waals surface area (Å²) in [6, 6.07) is 1.72. The van der Waals surface area contributed by atoms with Crippen LogP contribution in [-0.2, 0) is 9.84 Å². The van der Waals surface area contributed by atoms with Crippen LogP contribution in [0.2, 0.25) is 0 Å². The zero-order valence-corrected chi connectivity index (χ0v) is 15.6. The van der Waals surface area contributed by atoms with Gasteiger partial charge in [0.05, 0.1) is 16.3 Å². The molecule has 0 atom stereocenters. The lowest BCUT2D eigenvalue weighted by molar-refractivity contribution is 0.0924. The lowest BCUT2D eigenvalue weighted by Gasteiger charge is -2.28. The summed E-state index contributed by atoms with van der Waals surface area (Å²) in [5.74, 6) is 0.0690. The number of carbonyl (C=O) groups is 1. The van der Waals surface area contributed by atoms with E-state index in [9.17, 15) is 13.2 Å². The van der Waals surface area contributed by atoms with Crippen LogP contribution in [0.1, 0.15) is 36.2 Å². The van der Waals surface area contributed by atoms with E-state index in [2.05, 4.69) is 25.3 Å². The van der Waals surface area contributed by atoms with Gasteiger partial charge >= 0.3 is 0 Å². The summed E-state index contributed by atoms with van der Waals surface area (Å²) in [5, 5.41) is 2.68. The molecule has 1 aliphatic carbocycles. The fourth-order valence-corrected chi connectivity index (χ4v) is 4.61. The molecule has 9 nitrogen and oxygen atoms in total. The van der Waals surface area contributed by atoms with Crippen LogP contribution in [0.3, 0.4) is 0 Å². The van der Waals surface area contributed by atoms with E-state index < -0.39 is 9.84 Å². The third kappa shape index (κ3) is 3.57. The number of hydrogen-bond donors (Lipinski definition) is 2. The van der Waals surface area contributed by atoms with Crippen LogP contribution < -0.4 is 5.32 Å². The van der Waals surface area contributed by atoms with E-state index in [-0.39, 0.29) is 22.9 Å². The van der Waals surface area contributed by atoms with Crippen molar-refractivity contribution in [1.82, 2.24) is 29.8 Å². The van der Waals surface area contributed by atoms with E-state index in [1.165, 1.54) is 6.26 Å². The molecule has 1 amide bonds. The van der Waals surface area contributed by atoms with Crippen LogP contribution in [0.5, 0.6) is 0 Å². The van der Waals surface area contributed by atoms with E-state index in [4.69, 9.17) is 0 Å². The zero-order valence-electron chi connectivity index (χ0n) is 14.8. The van der Waals surface area contributed by atoms with Crippen molar-refractivity contribution in [2.24, 2.45) is 0 Å². The van der Waals surface area contributed by atoms with Crippen LogP contribution in [0.25, 0.3) is 17.0 Å². The number of carbonyl (C=O) groups excluding carboxylic acids is 1. The van der Waals surface area contributed by atoms with Crippen LogP contribution in [0, 0.1) is 0 Å². The second-order valence-corrected chi connectivity index (χ2v) is 9.18. The number of hydrogen-bond acceptors (Lipinski definition) is 6. The summed E-state index contributed by atoms with van der Waals surface area (Å²) in [7, 11) is -3.03. The number of fused-ring (bicyclic) bond motifs is 1. The quantitative estimate of drug-likeness (QED) is 0.693. The first-order valence-electron chi connectivity index (χ1n) is 8.75. The Morgan fingerprint density at radius 3 is 2.70 bits per heavy atom. The Morgan fingerprint density at radius 2 is 2.04 bits per heavy atom. The molecule has 1 saturated carbocycles. The van der Waals surface area contributed by atoms with Gasteiger partial charge in [0, 0.05) is 30.9 Å². The minimum atomic E-state index is -3.03. The molecule has 2 N–H and O–H groups in total. The number of nitrogens with one attached hydrogen (secondary N) is 2. The van der Waals surface area contributed by atoms with Crippen molar-refractivity contribution in [2.75, 3.05) is 6.26 Å². The van der Waals surface area contributed by atoms with Crippen molar-refractivity contribution < 1.29 is 13.2 Å². The highest BCUT2D eigenvalue weighted by atomic mass is 32.2. The van der Waals surface area contributed by atoms with Crippen molar-refractivity contribution >= 4 is 26.8 Å². The largest absolute Gasteiger partial charge is 0.358 e. The van der Waals surface area contributed by atoms with Gasteiger partial charge < -0.3 is 10.3 Å². The van der Waals surface area contributed by atoms with Crippen molar-refractivity contribution in [3.63, 3.8) is 0 Å². The van der Waals surface area contributed by atoms with Crippen molar-refractivity contribution in [3.05, 3.63) is 36.7 Å². The van der Waals surface area contributed by atoms with Gasteiger partial charge in [0.25, 0.3) is 5.91 Å². The summed E-state index contributed by atoms with van der Waals surface area (Å²) < 4.78 is 25.0. The first kappa shape index (κ1) is 17.7. The monoisotopic (exact) mass is 388 g/mol. The van der Waals surface area contributed by atoms with E-state index in [1.54, 1.807) is 35.6 Å². The lowest BCUT2D eigenvalue weighted by Crippen LogP contribution is -2.40. The van der Waals surface area contributed by atoms with Gasteiger partial charge in [0.2, 0.25) is 5.95 Å².